The number of nitrogens with zero attached hydrogens (tertiary/aromatic N) is 4. The largest absolute Gasteiger partial charge is 0.378 e. The van der Waals surface area contributed by atoms with E-state index in [1.54, 1.807) is 6.20 Å². The van der Waals surface area contributed by atoms with Crippen molar-refractivity contribution in [3.63, 3.8) is 0 Å². The Morgan fingerprint density at radius 3 is 2.57 bits per heavy atom. The van der Waals surface area contributed by atoms with Gasteiger partial charge in [-0.05, 0) is 37.1 Å². The molecule has 1 amide bonds. The summed E-state index contributed by atoms with van der Waals surface area (Å²) in [6.45, 7) is 0. The molecule has 0 radical (unpaired) electrons. The van der Waals surface area contributed by atoms with Gasteiger partial charge in [0.1, 0.15) is 0 Å². The molecule has 0 aliphatic heterocycles. The summed E-state index contributed by atoms with van der Waals surface area (Å²) in [5.41, 5.74) is 6.51. The van der Waals surface area contributed by atoms with Crippen LogP contribution in [0.3, 0.4) is 0 Å². The molecule has 2 aromatic carbocycles. The van der Waals surface area contributed by atoms with Gasteiger partial charge < -0.3 is 10.2 Å². The Kier molecular flexibility index (Phi) is 4.47. The molecule has 4 aromatic rings. The van der Waals surface area contributed by atoms with Crippen molar-refractivity contribution >= 4 is 17.2 Å². The van der Waals surface area contributed by atoms with Gasteiger partial charge >= 0.3 is 0 Å². The minimum absolute atomic E-state index is 0.00914. The second kappa shape index (κ2) is 7.30. The van der Waals surface area contributed by atoms with Gasteiger partial charge in [-0.3, -0.25) is 14.2 Å². The van der Waals surface area contributed by atoms with Gasteiger partial charge in [-0.2, -0.15) is 0 Å². The molecule has 6 heteroatoms. The fraction of sp³-hybridized carbons (Fsp3) is 0.208. The van der Waals surface area contributed by atoms with Crippen molar-refractivity contribution in [2.75, 3.05) is 19.0 Å². The van der Waals surface area contributed by atoms with Crippen molar-refractivity contribution in [2.45, 2.75) is 18.9 Å². The van der Waals surface area contributed by atoms with Crippen molar-refractivity contribution in [3.05, 3.63) is 72.7 Å². The van der Waals surface area contributed by atoms with Crippen molar-refractivity contribution in [3.8, 4) is 22.5 Å². The van der Waals surface area contributed by atoms with Crippen LogP contribution in [0.5, 0.6) is 0 Å². The van der Waals surface area contributed by atoms with Gasteiger partial charge in [-0.25, -0.2) is 4.98 Å². The summed E-state index contributed by atoms with van der Waals surface area (Å²) in [6, 6.07) is 16.3. The summed E-state index contributed by atoms with van der Waals surface area (Å²) in [4.78, 5) is 23.4. The lowest BCUT2D eigenvalue weighted by molar-refractivity contribution is 0.0951. The zero-order chi connectivity index (χ0) is 20.7. The third-order valence-electron chi connectivity index (χ3n) is 5.41. The number of imidazole rings is 1. The number of carbonyl (C=O) groups is 1. The van der Waals surface area contributed by atoms with Gasteiger partial charge in [-0.1, -0.05) is 24.3 Å². The van der Waals surface area contributed by atoms with Crippen molar-refractivity contribution in [1.29, 1.82) is 0 Å². The van der Waals surface area contributed by atoms with Gasteiger partial charge in [0.25, 0.3) is 5.91 Å². The van der Waals surface area contributed by atoms with E-state index in [2.05, 4.69) is 48.9 Å². The molecule has 0 spiro atoms. The molecule has 1 fully saturated rings. The highest BCUT2D eigenvalue weighted by atomic mass is 16.1. The number of benzene rings is 2. The molecule has 1 aliphatic rings. The lowest BCUT2D eigenvalue weighted by atomic mass is 10.1. The fourth-order valence-electron chi connectivity index (χ4n) is 3.48. The van der Waals surface area contributed by atoms with Crippen LogP contribution in [0.1, 0.15) is 23.2 Å². The van der Waals surface area contributed by atoms with E-state index < -0.39 is 0 Å². The summed E-state index contributed by atoms with van der Waals surface area (Å²) in [5, 5.41) is 3.02. The summed E-state index contributed by atoms with van der Waals surface area (Å²) in [7, 11) is 4.06. The van der Waals surface area contributed by atoms with Crippen molar-refractivity contribution < 1.29 is 4.79 Å². The van der Waals surface area contributed by atoms with Crippen molar-refractivity contribution in [2.24, 2.45) is 0 Å². The van der Waals surface area contributed by atoms with Gasteiger partial charge in [0.05, 0.1) is 23.8 Å². The van der Waals surface area contributed by atoms with Crippen LogP contribution in [0.25, 0.3) is 28.2 Å². The molecule has 0 saturated heterocycles. The maximum Gasteiger partial charge on any atom is 0.251 e. The monoisotopic (exact) mass is 397 g/mol. The Balaban J connectivity index is 1.48. The summed E-state index contributed by atoms with van der Waals surface area (Å²) in [5.74, 6) is -0.00914. The van der Waals surface area contributed by atoms with Crippen LogP contribution < -0.4 is 10.2 Å². The molecule has 5 rings (SSSR count). The Morgan fingerprint density at radius 1 is 1.03 bits per heavy atom. The zero-order valence-electron chi connectivity index (χ0n) is 17.0. The summed E-state index contributed by atoms with van der Waals surface area (Å²) >= 11 is 0. The number of rotatable bonds is 5. The normalized spacial score (nSPS) is 13.4. The number of carbonyl (C=O) groups excluding carboxylic acids is 1. The lowest BCUT2D eigenvalue weighted by Gasteiger charge is -2.13. The molecule has 0 unspecified atom stereocenters. The summed E-state index contributed by atoms with van der Waals surface area (Å²) < 4.78 is 2.06. The smallest absolute Gasteiger partial charge is 0.251 e. The highest BCUT2D eigenvalue weighted by Crippen LogP contribution is 2.27. The van der Waals surface area contributed by atoms with Gasteiger partial charge in [-0.15, -0.1) is 0 Å². The first-order chi connectivity index (χ1) is 14.6. The van der Waals surface area contributed by atoms with E-state index in [1.165, 1.54) is 0 Å². The third kappa shape index (κ3) is 3.52. The molecule has 30 heavy (non-hydrogen) atoms. The SMILES string of the molecule is CN(C)c1cccc(-c2cnc3cnc(-c4ccc(C(=O)NC5CC5)cc4)cn23)c1. The Hall–Kier alpha value is -3.67. The molecule has 2 aromatic heterocycles. The van der Waals surface area contributed by atoms with Gasteiger partial charge in [0.2, 0.25) is 0 Å². The fourth-order valence-corrected chi connectivity index (χ4v) is 3.48. The lowest BCUT2D eigenvalue weighted by Crippen LogP contribution is -2.25. The molecule has 2 heterocycles. The number of anilines is 1. The standard InChI is InChI=1S/C24H23N5O/c1-28(2)20-5-3-4-18(12-20)22-13-26-23-14-25-21(15-29(22)23)16-6-8-17(9-7-16)24(30)27-19-10-11-19/h3-9,12-15,19H,10-11H2,1-2H3,(H,27,30). The molecule has 1 N–H and O–H groups in total. The zero-order valence-corrected chi connectivity index (χ0v) is 17.0. The number of nitrogens with one attached hydrogen (secondary N) is 1. The predicted molar refractivity (Wildman–Crippen MR) is 119 cm³/mol. The molecule has 0 bridgehead atoms. The van der Waals surface area contributed by atoms with Crippen LogP contribution in [0, 0.1) is 0 Å². The van der Waals surface area contributed by atoms with Crippen molar-refractivity contribution in [1.82, 2.24) is 19.7 Å². The highest BCUT2D eigenvalue weighted by Gasteiger charge is 2.23. The van der Waals surface area contributed by atoms with Crippen LogP contribution >= 0.6 is 0 Å². The molecule has 1 aliphatic carbocycles. The minimum atomic E-state index is -0.00914. The molecule has 150 valence electrons. The number of aromatic nitrogens is 3. The average Bonchev–Trinajstić information content (AvgIpc) is 3.49. The second-order valence-corrected chi connectivity index (χ2v) is 7.91. The molecular formula is C24H23N5O. The van der Waals surface area contributed by atoms with E-state index >= 15 is 0 Å². The first-order valence-electron chi connectivity index (χ1n) is 10.1. The quantitative estimate of drug-likeness (QED) is 0.552. The molecular weight excluding hydrogens is 374 g/mol. The maximum atomic E-state index is 12.2. The van der Waals surface area contributed by atoms with E-state index in [-0.39, 0.29) is 5.91 Å². The predicted octanol–water partition coefficient (Wildman–Crippen LogP) is 4.02. The number of hydrogen-bond acceptors (Lipinski definition) is 4. The van der Waals surface area contributed by atoms with Crippen LogP contribution in [-0.2, 0) is 0 Å². The van der Waals surface area contributed by atoms with Crippen LogP contribution in [0.2, 0.25) is 0 Å². The van der Waals surface area contributed by atoms with E-state index in [0.717, 1.165) is 46.7 Å². The molecule has 6 nitrogen and oxygen atoms in total. The van der Waals surface area contributed by atoms with E-state index in [1.807, 2.05) is 50.8 Å². The van der Waals surface area contributed by atoms with Gasteiger partial charge in [0.15, 0.2) is 5.65 Å². The number of amides is 1. The summed E-state index contributed by atoms with van der Waals surface area (Å²) in [6.07, 6.45) is 7.82. The first kappa shape index (κ1) is 18.4. The highest BCUT2D eigenvalue weighted by molar-refractivity contribution is 5.95. The molecule has 1 saturated carbocycles. The molecule has 0 atom stereocenters. The maximum absolute atomic E-state index is 12.2. The van der Waals surface area contributed by atoms with E-state index in [4.69, 9.17) is 0 Å². The van der Waals surface area contributed by atoms with E-state index in [0.29, 0.717) is 11.6 Å². The Morgan fingerprint density at radius 2 is 1.83 bits per heavy atom. The number of fused-ring (bicyclic) bond motifs is 1. The van der Waals surface area contributed by atoms with Crippen LogP contribution in [0.4, 0.5) is 5.69 Å². The van der Waals surface area contributed by atoms with Crippen LogP contribution in [0.15, 0.2) is 67.1 Å². The van der Waals surface area contributed by atoms with Crippen LogP contribution in [-0.4, -0.2) is 40.4 Å². The number of hydrogen-bond donors (Lipinski definition) is 1. The van der Waals surface area contributed by atoms with Gasteiger partial charge in [0, 0.05) is 48.7 Å². The third-order valence-corrected chi connectivity index (χ3v) is 5.41. The average molecular weight is 397 g/mol. The van der Waals surface area contributed by atoms with E-state index in [9.17, 15) is 4.79 Å². The first-order valence-corrected chi connectivity index (χ1v) is 10.1. The topological polar surface area (TPSA) is 62.5 Å². The second-order valence-electron chi connectivity index (χ2n) is 7.91. The Labute approximate surface area is 175 Å². The Bertz CT molecular complexity index is 1220. The minimum Gasteiger partial charge on any atom is -0.378 e.